The van der Waals surface area contributed by atoms with Crippen LogP contribution in [0.2, 0.25) is 0 Å². The molecule has 1 rings (SSSR count). The molecule has 0 spiro atoms. The number of ether oxygens (including phenoxy) is 1. The minimum atomic E-state index is -0.796. The van der Waals surface area contributed by atoms with Gasteiger partial charge in [0.1, 0.15) is 6.04 Å². The Morgan fingerprint density at radius 2 is 1.58 bits per heavy atom. The van der Waals surface area contributed by atoms with E-state index in [-0.39, 0.29) is 36.0 Å². The molecule has 0 aliphatic carbocycles. The van der Waals surface area contributed by atoms with Crippen molar-refractivity contribution in [1.29, 1.82) is 0 Å². The molecule has 0 heterocycles. The van der Waals surface area contributed by atoms with E-state index in [4.69, 9.17) is 10.5 Å². The zero-order chi connectivity index (χ0) is 16.9. The van der Waals surface area contributed by atoms with Gasteiger partial charge in [0.15, 0.2) is 0 Å². The van der Waals surface area contributed by atoms with Crippen molar-refractivity contribution >= 4 is 41.5 Å². The Morgan fingerprint density at radius 3 is 2.21 bits per heavy atom. The fourth-order valence-corrected chi connectivity index (χ4v) is 2.42. The van der Waals surface area contributed by atoms with E-state index >= 15 is 0 Å². The van der Waals surface area contributed by atoms with Gasteiger partial charge < -0.3 is 10.5 Å². The number of rotatable bonds is 11. The topological polar surface area (TPSA) is 69.4 Å². The van der Waals surface area contributed by atoms with Crippen LogP contribution in [0.15, 0.2) is 30.3 Å². The molecule has 0 fully saturated rings. The van der Waals surface area contributed by atoms with E-state index in [1.807, 2.05) is 30.3 Å². The summed E-state index contributed by atoms with van der Waals surface area (Å²) in [6, 6.07) is 8.67. The van der Waals surface area contributed by atoms with Gasteiger partial charge in [-0.3, -0.25) is 4.79 Å². The summed E-state index contributed by atoms with van der Waals surface area (Å²) in [5.74, 6) is -1.10. The van der Waals surface area contributed by atoms with E-state index in [1.165, 1.54) is 25.7 Å². The number of hydrogen-bond acceptors (Lipinski definition) is 4. The van der Waals surface area contributed by atoms with Crippen LogP contribution in [-0.4, -0.2) is 47.5 Å². The summed E-state index contributed by atoms with van der Waals surface area (Å²) in [7, 11) is 0. The van der Waals surface area contributed by atoms with E-state index in [1.54, 1.807) is 0 Å². The van der Waals surface area contributed by atoms with Gasteiger partial charge in [0.05, 0.1) is 0 Å². The molecule has 0 aromatic heterocycles. The van der Waals surface area contributed by atoms with E-state index in [0.29, 0.717) is 6.42 Å². The molecule has 0 aliphatic heterocycles. The summed E-state index contributed by atoms with van der Waals surface area (Å²) in [6.07, 6.45) is 8.55. The zero-order valence-corrected chi connectivity index (χ0v) is 14.1. The second-order valence-corrected chi connectivity index (χ2v) is 5.96. The van der Waals surface area contributed by atoms with E-state index < -0.39 is 18.0 Å². The van der Waals surface area contributed by atoms with Crippen molar-refractivity contribution in [3.63, 3.8) is 0 Å². The molecule has 0 bridgehead atoms. The van der Waals surface area contributed by atoms with E-state index in [0.717, 1.165) is 24.8 Å². The standard InChI is InChI=1S/C19H29NO3.Na.H/c1-2-3-4-5-6-7-11-14-18(21)23-19(22)17(20)15-16-12-9-8-10-13-16;;/h8-10,12-13,17H,2-7,11,14-15,20H2,1H3;;. The van der Waals surface area contributed by atoms with Crippen LogP contribution in [0.25, 0.3) is 0 Å². The third-order valence-corrected chi connectivity index (χ3v) is 3.80. The van der Waals surface area contributed by atoms with Gasteiger partial charge in [0.2, 0.25) is 0 Å². The summed E-state index contributed by atoms with van der Waals surface area (Å²) >= 11 is 0. The summed E-state index contributed by atoms with van der Waals surface area (Å²) in [6.45, 7) is 2.19. The molecule has 0 amide bonds. The third-order valence-electron chi connectivity index (χ3n) is 3.80. The van der Waals surface area contributed by atoms with Gasteiger partial charge in [-0.15, -0.1) is 0 Å². The molecule has 0 saturated heterocycles. The predicted molar refractivity (Wildman–Crippen MR) is 99.0 cm³/mol. The summed E-state index contributed by atoms with van der Waals surface area (Å²) in [5, 5.41) is 0. The molecule has 1 unspecified atom stereocenters. The number of benzene rings is 1. The number of unbranched alkanes of at least 4 members (excludes halogenated alkanes) is 6. The van der Waals surface area contributed by atoms with Gasteiger partial charge >= 0.3 is 41.5 Å². The Morgan fingerprint density at radius 1 is 1.00 bits per heavy atom. The molecular formula is C19H30NNaO3. The first kappa shape index (κ1) is 23.3. The Bertz CT molecular complexity index is 465. The van der Waals surface area contributed by atoms with Crippen LogP contribution in [0.4, 0.5) is 0 Å². The third kappa shape index (κ3) is 11.0. The van der Waals surface area contributed by atoms with Gasteiger partial charge in [-0.25, -0.2) is 4.79 Å². The Balaban J connectivity index is 0.00000529. The van der Waals surface area contributed by atoms with Crippen LogP contribution < -0.4 is 5.73 Å². The fourth-order valence-electron chi connectivity index (χ4n) is 2.42. The average Bonchev–Trinajstić information content (AvgIpc) is 2.55. The molecular weight excluding hydrogens is 313 g/mol. The number of carbonyl (C=O) groups is 2. The van der Waals surface area contributed by atoms with Crippen molar-refractivity contribution in [3.8, 4) is 0 Å². The van der Waals surface area contributed by atoms with Crippen molar-refractivity contribution in [2.45, 2.75) is 70.8 Å². The van der Waals surface area contributed by atoms with E-state index in [2.05, 4.69) is 6.92 Å². The molecule has 130 valence electrons. The van der Waals surface area contributed by atoms with Crippen LogP contribution in [0.1, 0.15) is 63.9 Å². The normalized spacial score (nSPS) is 11.4. The molecule has 24 heavy (non-hydrogen) atoms. The van der Waals surface area contributed by atoms with Crippen molar-refractivity contribution in [1.82, 2.24) is 0 Å². The van der Waals surface area contributed by atoms with Crippen molar-refractivity contribution in [2.24, 2.45) is 5.73 Å². The quantitative estimate of drug-likeness (QED) is 0.290. The second-order valence-electron chi connectivity index (χ2n) is 5.96. The zero-order valence-electron chi connectivity index (χ0n) is 14.1. The van der Waals surface area contributed by atoms with Crippen LogP contribution in [-0.2, 0) is 20.7 Å². The monoisotopic (exact) mass is 343 g/mol. The minimum absolute atomic E-state index is 0. The first-order chi connectivity index (χ1) is 11.1. The second kappa shape index (κ2) is 14.6. The van der Waals surface area contributed by atoms with Crippen molar-refractivity contribution in [3.05, 3.63) is 35.9 Å². The van der Waals surface area contributed by atoms with E-state index in [9.17, 15) is 9.59 Å². The SMILES string of the molecule is CCCCCCCCCC(=O)OC(=O)C(N)Cc1ccccc1.[NaH]. The van der Waals surface area contributed by atoms with Crippen LogP contribution in [0.5, 0.6) is 0 Å². The number of esters is 2. The van der Waals surface area contributed by atoms with Crippen molar-refractivity contribution in [2.75, 3.05) is 0 Å². The summed E-state index contributed by atoms with van der Waals surface area (Å²) in [4.78, 5) is 23.4. The van der Waals surface area contributed by atoms with Crippen molar-refractivity contribution < 1.29 is 14.3 Å². The molecule has 4 nitrogen and oxygen atoms in total. The molecule has 1 aromatic carbocycles. The maximum atomic E-state index is 11.8. The van der Waals surface area contributed by atoms with Crippen LogP contribution in [0.3, 0.4) is 0 Å². The molecule has 0 aliphatic rings. The van der Waals surface area contributed by atoms with Gasteiger partial charge in [0, 0.05) is 6.42 Å². The van der Waals surface area contributed by atoms with Crippen LogP contribution >= 0.6 is 0 Å². The molecule has 2 N–H and O–H groups in total. The predicted octanol–water partition coefficient (Wildman–Crippen LogP) is 3.12. The molecule has 1 atom stereocenters. The molecule has 0 radical (unpaired) electrons. The van der Waals surface area contributed by atoms with Gasteiger partial charge in [-0.05, 0) is 18.4 Å². The Kier molecular flexibility index (Phi) is 14.2. The number of nitrogens with two attached hydrogens (primary N) is 1. The average molecular weight is 343 g/mol. The Hall–Kier alpha value is -0.680. The molecule has 0 saturated carbocycles. The molecule has 1 aromatic rings. The van der Waals surface area contributed by atoms with Gasteiger partial charge in [-0.2, -0.15) is 0 Å². The summed E-state index contributed by atoms with van der Waals surface area (Å²) < 4.78 is 4.83. The van der Waals surface area contributed by atoms with Gasteiger partial charge in [0.25, 0.3) is 0 Å². The fraction of sp³-hybridized carbons (Fsp3) is 0.579. The number of carbonyl (C=O) groups excluding carboxylic acids is 2. The number of hydrogen-bond donors (Lipinski definition) is 1. The Labute approximate surface area is 167 Å². The van der Waals surface area contributed by atoms with Crippen LogP contribution in [0, 0.1) is 0 Å². The first-order valence-electron chi connectivity index (χ1n) is 8.67. The molecule has 5 heteroatoms. The summed E-state index contributed by atoms with van der Waals surface area (Å²) in [5.41, 5.74) is 6.75. The van der Waals surface area contributed by atoms with Gasteiger partial charge in [-0.1, -0.05) is 75.8 Å². The maximum absolute atomic E-state index is 11.8. The first-order valence-corrected chi connectivity index (χ1v) is 8.67.